The summed E-state index contributed by atoms with van der Waals surface area (Å²) in [5, 5.41) is 0.732. The molecular weight excluding hydrogens is 232 g/mol. The summed E-state index contributed by atoms with van der Waals surface area (Å²) in [5.74, 6) is -0.440. The zero-order chi connectivity index (χ0) is 9.42. The summed E-state index contributed by atoms with van der Waals surface area (Å²) in [6.45, 7) is 0. The van der Waals surface area contributed by atoms with Crippen molar-refractivity contribution in [3.05, 3.63) is 34.4 Å². The molecule has 0 unspecified atom stereocenters. The Kier molecular flexibility index (Phi) is 1.84. The molecule has 0 aliphatic heterocycles. The molecule has 0 aliphatic rings. The number of carbonyl (C=O) groups excluding carboxylic acids is 1. The fourth-order valence-corrected chi connectivity index (χ4v) is 1.57. The highest BCUT2D eigenvalue weighted by Crippen LogP contribution is 2.21. The molecule has 1 aromatic carbocycles. The van der Waals surface area contributed by atoms with E-state index in [1.807, 2.05) is 6.07 Å². The number of halogens is 1. The van der Waals surface area contributed by atoms with Gasteiger partial charge in [0.1, 0.15) is 0 Å². The lowest BCUT2D eigenvalue weighted by molar-refractivity contribution is 0.100. The van der Waals surface area contributed by atoms with E-state index >= 15 is 0 Å². The van der Waals surface area contributed by atoms with Crippen LogP contribution in [0.1, 0.15) is 10.4 Å². The van der Waals surface area contributed by atoms with Gasteiger partial charge in [-0.15, -0.1) is 0 Å². The van der Waals surface area contributed by atoms with Crippen LogP contribution in [0.2, 0.25) is 0 Å². The Hall–Kier alpha value is -1.29. The first-order valence-electron chi connectivity index (χ1n) is 3.66. The van der Waals surface area contributed by atoms with Crippen LogP contribution in [0.15, 0.2) is 22.8 Å². The molecule has 0 fully saturated rings. The zero-order valence-electron chi connectivity index (χ0n) is 6.60. The lowest BCUT2D eigenvalue weighted by Crippen LogP contribution is -2.09. The number of carbonyl (C=O) groups is 1. The molecule has 0 saturated heterocycles. The van der Waals surface area contributed by atoms with Gasteiger partial charge in [0.25, 0.3) is 5.91 Å². The molecule has 0 aliphatic carbocycles. The van der Waals surface area contributed by atoms with Crippen molar-refractivity contribution in [1.82, 2.24) is 4.98 Å². The van der Waals surface area contributed by atoms with Crippen molar-refractivity contribution in [1.29, 1.82) is 0 Å². The van der Waals surface area contributed by atoms with E-state index in [1.54, 1.807) is 12.3 Å². The van der Waals surface area contributed by atoms with Gasteiger partial charge < -0.3 is 10.7 Å². The Balaban J connectivity index is 2.76. The van der Waals surface area contributed by atoms with Crippen LogP contribution in [0.5, 0.6) is 0 Å². The van der Waals surface area contributed by atoms with Crippen LogP contribution in [0, 0.1) is 6.07 Å². The largest absolute Gasteiger partial charge is 0.366 e. The van der Waals surface area contributed by atoms with E-state index in [1.165, 1.54) is 0 Å². The van der Waals surface area contributed by atoms with Crippen LogP contribution >= 0.6 is 15.9 Å². The van der Waals surface area contributed by atoms with Crippen molar-refractivity contribution in [2.45, 2.75) is 0 Å². The lowest BCUT2D eigenvalue weighted by atomic mass is 10.2. The van der Waals surface area contributed by atoms with E-state index < -0.39 is 5.91 Å². The summed E-state index contributed by atoms with van der Waals surface area (Å²) >= 11 is 3.31. The number of nitrogens with one attached hydrogen (secondary N) is 1. The van der Waals surface area contributed by atoms with Gasteiger partial charge in [0.05, 0.1) is 5.56 Å². The molecule has 1 amide bonds. The summed E-state index contributed by atoms with van der Waals surface area (Å²) in [4.78, 5) is 13.9. The van der Waals surface area contributed by atoms with Crippen LogP contribution < -0.4 is 5.73 Å². The van der Waals surface area contributed by atoms with Gasteiger partial charge in [-0.2, -0.15) is 0 Å². The smallest absolute Gasteiger partial charge is 0.250 e. The maximum absolute atomic E-state index is 10.9. The van der Waals surface area contributed by atoms with Crippen LogP contribution in [0.25, 0.3) is 10.9 Å². The SMILES string of the molecule is NC(=O)c1c[nH]c2cc(Br)c[c]c12. The molecule has 3 N–H and O–H groups in total. The van der Waals surface area contributed by atoms with Crippen molar-refractivity contribution in [2.75, 3.05) is 0 Å². The van der Waals surface area contributed by atoms with Crippen molar-refractivity contribution in [3.8, 4) is 0 Å². The number of hydrogen-bond acceptors (Lipinski definition) is 1. The van der Waals surface area contributed by atoms with Gasteiger partial charge >= 0.3 is 0 Å². The first-order chi connectivity index (χ1) is 6.18. The molecule has 13 heavy (non-hydrogen) atoms. The highest BCUT2D eigenvalue weighted by Gasteiger charge is 2.08. The van der Waals surface area contributed by atoms with Gasteiger partial charge in [0, 0.05) is 21.6 Å². The minimum Gasteiger partial charge on any atom is -0.366 e. The molecule has 0 saturated carbocycles. The van der Waals surface area contributed by atoms with Gasteiger partial charge in [0.2, 0.25) is 0 Å². The molecule has 1 heterocycles. The zero-order valence-corrected chi connectivity index (χ0v) is 8.18. The number of H-pyrrole nitrogens is 1. The Morgan fingerprint density at radius 3 is 3.08 bits per heavy atom. The summed E-state index contributed by atoms with van der Waals surface area (Å²) < 4.78 is 0.915. The standard InChI is InChI=1S/C9H6BrN2O/c10-5-1-2-6-7(9(11)13)4-12-8(6)3-5/h1,3-4,12H,(H2,11,13). The summed E-state index contributed by atoms with van der Waals surface area (Å²) in [7, 11) is 0. The van der Waals surface area contributed by atoms with Crippen molar-refractivity contribution < 1.29 is 4.79 Å². The summed E-state index contributed by atoms with van der Waals surface area (Å²) in [5.41, 5.74) is 6.50. The number of benzene rings is 1. The Morgan fingerprint density at radius 2 is 2.38 bits per heavy atom. The van der Waals surface area contributed by atoms with E-state index in [4.69, 9.17) is 5.73 Å². The molecule has 2 aromatic rings. The Labute approximate surface area is 83.1 Å². The first-order valence-corrected chi connectivity index (χ1v) is 4.46. The van der Waals surface area contributed by atoms with Crippen LogP contribution in [-0.2, 0) is 0 Å². The summed E-state index contributed by atoms with van der Waals surface area (Å²) in [6, 6.07) is 6.60. The van der Waals surface area contributed by atoms with E-state index in [2.05, 4.69) is 27.0 Å². The van der Waals surface area contributed by atoms with E-state index in [0.717, 1.165) is 15.4 Å². The van der Waals surface area contributed by atoms with E-state index in [-0.39, 0.29) is 0 Å². The van der Waals surface area contributed by atoms with Gasteiger partial charge in [-0.05, 0) is 18.2 Å². The molecule has 1 aromatic heterocycles. The third-order valence-corrected chi connectivity index (χ3v) is 2.27. The summed E-state index contributed by atoms with van der Waals surface area (Å²) in [6.07, 6.45) is 1.59. The van der Waals surface area contributed by atoms with Gasteiger partial charge in [-0.25, -0.2) is 0 Å². The number of rotatable bonds is 1. The molecule has 65 valence electrons. The quantitative estimate of drug-likeness (QED) is 0.782. The molecule has 2 rings (SSSR count). The highest BCUT2D eigenvalue weighted by molar-refractivity contribution is 9.10. The molecule has 0 atom stereocenters. The van der Waals surface area contributed by atoms with Crippen molar-refractivity contribution in [2.24, 2.45) is 5.73 Å². The fourth-order valence-electron chi connectivity index (χ4n) is 1.22. The number of amides is 1. The number of aromatic nitrogens is 1. The average Bonchev–Trinajstić information content (AvgIpc) is 2.46. The second-order valence-corrected chi connectivity index (χ2v) is 3.59. The van der Waals surface area contributed by atoms with Crippen LogP contribution in [0.3, 0.4) is 0 Å². The molecular formula is C9H6BrN2O. The maximum atomic E-state index is 10.9. The predicted octanol–water partition coefficient (Wildman–Crippen LogP) is 1.83. The minimum absolute atomic E-state index is 0.440. The van der Waals surface area contributed by atoms with E-state index in [0.29, 0.717) is 5.56 Å². The second kappa shape index (κ2) is 2.88. The highest BCUT2D eigenvalue weighted by atomic mass is 79.9. The van der Waals surface area contributed by atoms with Gasteiger partial charge in [-0.1, -0.05) is 15.9 Å². The molecule has 0 spiro atoms. The van der Waals surface area contributed by atoms with Gasteiger partial charge in [0.15, 0.2) is 0 Å². The van der Waals surface area contributed by atoms with Crippen LogP contribution in [-0.4, -0.2) is 10.9 Å². The third-order valence-electron chi connectivity index (χ3n) is 1.81. The van der Waals surface area contributed by atoms with Crippen molar-refractivity contribution >= 4 is 32.7 Å². The third kappa shape index (κ3) is 1.33. The van der Waals surface area contributed by atoms with Crippen LogP contribution in [0.4, 0.5) is 0 Å². The average molecular weight is 238 g/mol. The first kappa shape index (κ1) is 8.31. The Morgan fingerprint density at radius 1 is 1.62 bits per heavy atom. The monoisotopic (exact) mass is 237 g/mol. The normalized spacial score (nSPS) is 10.5. The minimum atomic E-state index is -0.440. The van der Waals surface area contributed by atoms with Crippen molar-refractivity contribution in [3.63, 3.8) is 0 Å². The fraction of sp³-hybridized carbons (Fsp3) is 0. The molecule has 3 nitrogen and oxygen atoms in total. The molecule has 0 bridgehead atoms. The van der Waals surface area contributed by atoms with E-state index in [9.17, 15) is 4.79 Å². The van der Waals surface area contributed by atoms with Gasteiger partial charge in [-0.3, -0.25) is 4.79 Å². The number of nitrogens with two attached hydrogens (primary N) is 1. The molecule has 4 heteroatoms. The number of primary amides is 1. The topological polar surface area (TPSA) is 58.9 Å². The molecule has 1 radical (unpaired) electrons. The second-order valence-electron chi connectivity index (χ2n) is 2.67. The maximum Gasteiger partial charge on any atom is 0.250 e. The number of fused-ring (bicyclic) bond motifs is 1. The predicted molar refractivity (Wildman–Crippen MR) is 53.4 cm³/mol. The number of hydrogen-bond donors (Lipinski definition) is 2. The Bertz CT molecular complexity index is 475. The number of aromatic amines is 1. The lowest BCUT2D eigenvalue weighted by Gasteiger charge is -1.92.